The molecule has 5 nitrogen and oxygen atoms in total. The van der Waals surface area contributed by atoms with Gasteiger partial charge in [-0.25, -0.2) is 4.79 Å². The van der Waals surface area contributed by atoms with Crippen molar-refractivity contribution in [1.82, 2.24) is 0 Å². The monoisotopic (exact) mass is 366 g/mol. The van der Waals surface area contributed by atoms with Gasteiger partial charge in [0.05, 0.1) is 5.57 Å². The molecule has 0 saturated heterocycles. The SMILES string of the molecule is Cc1c(C)c2c(c(/C=C3\C(=O)Oc4ccc(O)cc43)c1O)CCC(C)(C)O2. The number of hydrogen-bond donors (Lipinski definition) is 2. The van der Waals surface area contributed by atoms with Crippen LogP contribution in [0.25, 0.3) is 11.6 Å². The number of aromatic hydroxyl groups is 2. The molecule has 0 atom stereocenters. The zero-order valence-electron chi connectivity index (χ0n) is 15.8. The summed E-state index contributed by atoms with van der Waals surface area (Å²) in [5.74, 6) is 0.867. The van der Waals surface area contributed by atoms with E-state index >= 15 is 0 Å². The first-order valence-electron chi connectivity index (χ1n) is 8.99. The van der Waals surface area contributed by atoms with Crippen molar-refractivity contribution in [1.29, 1.82) is 0 Å². The van der Waals surface area contributed by atoms with Crippen LogP contribution in [-0.4, -0.2) is 21.8 Å². The predicted octanol–water partition coefficient (Wildman–Crippen LogP) is 4.28. The Morgan fingerprint density at radius 3 is 2.63 bits per heavy atom. The van der Waals surface area contributed by atoms with Gasteiger partial charge < -0.3 is 19.7 Å². The molecule has 0 bridgehead atoms. The molecule has 2 aromatic carbocycles. The minimum atomic E-state index is -0.501. The van der Waals surface area contributed by atoms with Crippen LogP contribution in [0.1, 0.15) is 48.1 Å². The van der Waals surface area contributed by atoms with Crippen molar-refractivity contribution in [2.75, 3.05) is 0 Å². The molecule has 0 fully saturated rings. The molecule has 5 heteroatoms. The molecule has 0 radical (unpaired) electrons. The second-order valence-corrected chi connectivity index (χ2v) is 7.81. The molecule has 2 aliphatic rings. The lowest BCUT2D eigenvalue weighted by molar-refractivity contribution is -0.126. The Hall–Kier alpha value is -2.95. The number of benzene rings is 2. The van der Waals surface area contributed by atoms with Crippen molar-refractivity contribution in [2.45, 2.75) is 46.1 Å². The van der Waals surface area contributed by atoms with Crippen molar-refractivity contribution in [3.05, 3.63) is 46.0 Å². The average molecular weight is 366 g/mol. The number of rotatable bonds is 1. The smallest absolute Gasteiger partial charge is 0.344 e. The Labute approximate surface area is 157 Å². The lowest BCUT2D eigenvalue weighted by Gasteiger charge is -2.35. The zero-order chi connectivity index (χ0) is 19.5. The third-order valence-electron chi connectivity index (χ3n) is 5.43. The van der Waals surface area contributed by atoms with E-state index in [4.69, 9.17) is 9.47 Å². The van der Waals surface area contributed by atoms with Crippen molar-refractivity contribution >= 4 is 17.6 Å². The zero-order valence-corrected chi connectivity index (χ0v) is 15.8. The molecule has 2 aromatic rings. The third kappa shape index (κ3) is 2.74. The number of fused-ring (bicyclic) bond motifs is 2. The van der Waals surface area contributed by atoms with E-state index in [0.29, 0.717) is 22.4 Å². The normalized spacial score (nSPS) is 18.7. The van der Waals surface area contributed by atoms with Gasteiger partial charge in [-0.05, 0) is 75.9 Å². The van der Waals surface area contributed by atoms with E-state index in [2.05, 4.69) is 0 Å². The maximum atomic E-state index is 12.4. The van der Waals surface area contributed by atoms with Gasteiger partial charge in [-0.1, -0.05) is 0 Å². The number of carbonyl (C=O) groups is 1. The lowest BCUT2D eigenvalue weighted by atomic mass is 9.86. The molecule has 0 aromatic heterocycles. The largest absolute Gasteiger partial charge is 0.508 e. The summed E-state index contributed by atoms with van der Waals surface area (Å²) < 4.78 is 11.5. The fourth-order valence-corrected chi connectivity index (χ4v) is 3.70. The number of phenolic OH excluding ortho intramolecular Hbond substituents is 2. The molecule has 140 valence electrons. The molecule has 27 heavy (non-hydrogen) atoms. The first-order valence-corrected chi connectivity index (χ1v) is 8.99. The van der Waals surface area contributed by atoms with Crippen LogP contribution in [0.3, 0.4) is 0 Å². The van der Waals surface area contributed by atoms with Crippen LogP contribution in [0.4, 0.5) is 0 Å². The van der Waals surface area contributed by atoms with Gasteiger partial charge >= 0.3 is 5.97 Å². The van der Waals surface area contributed by atoms with Crippen molar-refractivity contribution in [2.24, 2.45) is 0 Å². The van der Waals surface area contributed by atoms with Crippen LogP contribution in [0.15, 0.2) is 18.2 Å². The Morgan fingerprint density at radius 1 is 1.15 bits per heavy atom. The summed E-state index contributed by atoms with van der Waals surface area (Å²) in [4.78, 5) is 12.4. The van der Waals surface area contributed by atoms with Gasteiger partial charge in [0.15, 0.2) is 0 Å². The van der Waals surface area contributed by atoms with E-state index in [1.54, 1.807) is 12.1 Å². The molecule has 4 rings (SSSR count). The highest BCUT2D eigenvalue weighted by atomic mass is 16.5. The van der Waals surface area contributed by atoms with Gasteiger partial charge in [-0.15, -0.1) is 0 Å². The molecule has 2 heterocycles. The maximum Gasteiger partial charge on any atom is 0.344 e. The quantitative estimate of drug-likeness (QED) is 0.448. The van der Waals surface area contributed by atoms with E-state index in [0.717, 1.165) is 35.3 Å². The standard InChI is InChI=1S/C22H22O5/c1-11-12(2)20-14(7-8-22(3,4)27-20)16(19(11)24)10-17-15-9-13(23)5-6-18(15)26-21(17)25/h5-6,9-10,23-24H,7-8H2,1-4H3/b17-10-. The van der Waals surface area contributed by atoms with Gasteiger partial charge in [0.1, 0.15) is 28.6 Å². The van der Waals surface area contributed by atoms with Gasteiger partial charge in [0.25, 0.3) is 0 Å². The van der Waals surface area contributed by atoms with E-state index in [-0.39, 0.29) is 17.1 Å². The lowest BCUT2D eigenvalue weighted by Crippen LogP contribution is -2.33. The molecule has 2 N–H and O–H groups in total. The molecule has 0 aliphatic carbocycles. The molecule has 2 aliphatic heterocycles. The summed E-state index contributed by atoms with van der Waals surface area (Å²) >= 11 is 0. The van der Waals surface area contributed by atoms with Crippen LogP contribution in [0.5, 0.6) is 23.0 Å². The molecule has 0 unspecified atom stereocenters. The van der Waals surface area contributed by atoms with Crippen molar-refractivity contribution < 1.29 is 24.5 Å². The predicted molar refractivity (Wildman–Crippen MR) is 102 cm³/mol. The fraction of sp³-hybridized carbons (Fsp3) is 0.318. The number of phenols is 2. The maximum absolute atomic E-state index is 12.4. The highest BCUT2D eigenvalue weighted by molar-refractivity contribution is 6.26. The number of ether oxygens (including phenoxy) is 2. The van der Waals surface area contributed by atoms with Gasteiger partial charge in [0, 0.05) is 16.7 Å². The van der Waals surface area contributed by atoms with E-state index in [1.165, 1.54) is 12.1 Å². The van der Waals surface area contributed by atoms with Crippen molar-refractivity contribution in [3.63, 3.8) is 0 Å². The molecular formula is C22H22O5. The van der Waals surface area contributed by atoms with Crippen LogP contribution >= 0.6 is 0 Å². The molecule has 0 saturated carbocycles. The van der Waals surface area contributed by atoms with Crippen LogP contribution < -0.4 is 9.47 Å². The average Bonchev–Trinajstić information content (AvgIpc) is 2.91. The first kappa shape index (κ1) is 17.5. The third-order valence-corrected chi connectivity index (χ3v) is 5.43. The number of carbonyl (C=O) groups excluding carboxylic acids is 1. The van der Waals surface area contributed by atoms with Gasteiger partial charge in [0.2, 0.25) is 0 Å². The van der Waals surface area contributed by atoms with Crippen LogP contribution in [0.2, 0.25) is 0 Å². The fourth-order valence-electron chi connectivity index (χ4n) is 3.70. The summed E-state index contributed by atoms with van der Waals surface area (Å²) in [5.41, 5.74) is 3.65. The summed E-state index contributed by atoms with van der Waals surface area (Å²) in [6, 6.07) is 4.53. The summed E-state index contributed by atoms with van der Waals surface area (Å²) in [7, 11) is 0. The minimum Gasteiger partial charge on any atom is -0.508 e. The highest BCUT2D eigenvalue weighted by Gasteiger charge is 2.33. The Balaban J connectivity index is 1.94. The van der Waals surface area contributed by atoms with Crippen LogP contribution in [-0.2, 0) is 11.2 Å². The summed E-state index contributed by atoms with van der Waals surface area (Å²) in [6.07, 6.45) is 3.19. The minimum absolute atomic E-state index is 0.0503. The van der Waals surface area contributed by atoms with Crippen LogP contribution in [0, 0.1) is 13.8 Å². The number of hydrogen-bond acceptors (Lipinski definition) is 5. The Kier molecular flexibility index (Phi) is 3.74. The highest BCUT2D eigenvalue weighted by Crippen LogP contribution is 2.46. The van der Waals surface area contributed by atoms with E-state index in [1.807, 2.05) is 27.7 Å². The van der Waals surface area contributed by atoms with Crippen molar-refractivity contribution in [3.8, 4) is 23.0 Å². The summed E-state index contributed by atoms with van der Waals surface area (Å²) in [6.45, 7) is 7.86. The van der Waals surface area contributed by atoms with E-state index in [9.17, 15) is 15.0 Å². The first-order chi connectivity index (χ1) is 12.7. The van der Waals surface area contributed by atoms with Gasteiger partial charge in [-0.2, -0.15) is 0 Å². The molecule has 0 spiro atoms. The number of esters is 1. The molecular weight excluding hydrogens is 344 g/mol. The Morgan fingerprint density at radius 2 is 1.89 bits per heavy atom. The van der Waals surface area contributed by atoms with E-state index < -0.39 is 5.97 Å². The topological polar surface area (TPSA) is 76.0 Å². The second kappa shape index (κ2) is 5.78. The second-order valence-electron chi connectivity index (χ2n) is 7.81. The molecule has 0 amide bonds. The Bertz CT molecular complexity index is 1010. The summed E-state index contributed by atoms with van der Waals surface area (Å²) in [5, 5.41) is 20.6. The van der Waals surface area contributed by atoms with Gasteiger partial charge in [-0.3, -0.25) is 0 Å².